The molecule has 1 fully saturated rings. The van der Waals surface area contributed by atoms with Crippen molar-refractivity contribution in [2.45, 2.75) is 6.04 Å². The third-order valence-corrected chi connectivity index (χ3v) is 7.35. The Morgan fingerprint density at radius 2 is 1.67 bits per heavy atom. The molecule has 0 aliphatic carbocycles. The Labute approximate surface area is 226 Å². The third-order valence-electron chi connectivity index (χ3n) is 6.34. The van der Waals surface area contributed by atoms with Crippen molar-refractivity contribution < 1.29 is 38.0 Å². The van der Waals surface area contributed by atoms with Gasteiger partial charge in [0.15, 0.2) is 16.6 Å². The van der Waals surface area contributed by atoms with E-state index >= 15 is 0 Å². The van der Waals surface area contributed by atoms with E-state index in [2.05, 4.69) is 4.98 Å². The molecule has 5 rings (SSSR count). The van der Waals surface area contributed by atoms with E-state index in [0.29, 0.717) is 27.3 Å². The molecule has 1 aliphatic heterocycles. The van der Waals surface area contributed by atoms with Gasteiger partial charge in [0.1, 0.15) is 17.3 Å². The van der Waals surface area contributed by atoms with Crippen molar-refractivity contribution in [3.63, 3.8) is 0 Å². The molecule has 4 aromatic rings. The number of benzene rings is 3. The zero-order chi connectivity index (χ0) is 27.8. The summed E-state index contributed by atoms with van der Waals surface area (Å²) in [6.07, 6.45) is 0. The van der Waals surface area contributed by atoms with Crippen LogP contribution in [0.25, 0.3) is 16.0 Å². The molecule has 3 aromatic carbocycles. The summed E-state index contributed by atoms with van der Waals surface area (Å²) >= 11 is 1.05. The van der Waals surface area contributed by atoms with Crippen molar-refractivity contribution >= 4 is 44.1 Å². The Bertz CT molecular complexity index is 1620. The van der Waals surface area contributed by atoms with Gasteiger partial charge in [-0.25, -0.2) is 9.37 Å². The van der Waals surface area contributed by atoms with Crippen LogP contribution in [0.3, 0.4) is 0 Å². The lowest BCUT2D eigenvalue weighted by Crippen LogP contribution is -2.29. The molecule has 1 atom stereocenters. The Morgan fingerprint density at radius 1 is 0.949 bits per heavy atom. The molecule has 1 saturated heterocycles. The minimum absolute atomic E-state index is 0.154. The van der Waals surface area contributed by atoms with Crippen LogP contribution in [-0.2, 0) is 9.59 Å². The van der Waals surface area contributed by atoms with Crippen LogP contribution in [0.15, 0.2) is 60.2 Å². The van der Waals surface area contributed by atoms with Crippen LogP contribution >= 0.6 is 11.3 Å². The van der Waals surface area contributed by atoms with Gasteiger partial charge in [-0.05, 0) is 48.0 Å². The minimum Gasteiger partial charge on any atom is -0.507 e. The summed E-state index contributed by atoms with van der Waals surface area (Å²) in [7, 11) is 5.81. The summed E-state index contributed by atoms with van der Waals surface area (Å²) in [6, 6.07) is 12.6. The fraction of sp³-hybridized carbons (Fsp3) is 0.179. The number of hydrogen-bond donors (Lipinski definition) is 1. The van der Waals surface area contributed by atoms with Crippen LogP contribution < -0.4 is 23.8 Å². The molecule has 1 amide bonds. The normalized spacial score (nSPS) is 16.5. The number of carbonyl (C=O) groups excluding carboxylic acids is 2. The minimum atomic E-state index is -1.13. The molecule has 0 bridgehead atoms. The molecule has 0 radical (unpaired) electrons. The maximum absolute atomic E-state index is 13.9. The number of aromatic nitrogens is 1. The molecule has 11 heteroatoms. The maximum atomic E-state index is 13.9. The second kappa shape index (κ2) is 10.3. The fourth-order valence-electron chi connectivity index (χ4n) is 4.52. The molecule has 200 valence electrons. The number of aliphatic hydroxyl groups excluding tert-OH is 1. The number of ether oxygens (including phenoxy) is 4. The van der Waals surface area contributed by atoms with Gasteiger partial charge in [0.05, 0.1) is 50.3 Å². The summed E-state index contributed by atoms with van der Waals surface area (Å²) in [5.41, 5.74) is 0.942. The number of amides is 1. The number of nitrogens with zero attached hydrogens (tertiary/aromatic N) is 2. The molecule has 1 aromatic heterocycles. The molecule has 1 unspecified atom stereocenters. The maximum Gasteiger partial charge on any atom is 0.301 e. The van der Waals surface area contributed by atoms with Crippen molar-refractivity contribution in [3.8, 4) is 23.0 Å². The van der Waals surface area contributed by atoms with Gasteiger partial charge in [-0.1, -0.05) is 23.5 Å². The van der Waals surface area contributed by atoms with Crippen LogP contribution in [0.2, 0.25) is 0 Å². The third kappa shape index (κ3) is 4.40. The van der Waals surface area contributed by atoms with Gasteiger partial charge in [-0.15, -0.1) is 0 Å². The van der Waals surface area contributed by atoms with Crippen molar-refractivity contribution in [2.24, 2.45) is 0 Å². The molecule has 0 spiro atoms. The van der Waals surface area contributed by atoms with Gasteiger partial charge in [0, 0.05) is 5.56 Å². The lowest BCUT2D eigenvalue weighted by molar-refractivity contribution is -0.132. The number of carbonyl (C=O) groups is 2. The summed E-state index contributed by atoms with van der Waals surface area (Å²) in [5.74, 6) is -1.36. The van der Waals surface area contributed by atoms with Crippen LogP contribution in [0.5, 0.6) is 23.0 Å². The largest absolute Gasteiger partial charge is 0.507 e. The van der Waals surface area contributed by atoms with Crippen LogP contribution in [-0.4, -0.2) is 50.2 Å². The predicted molar refractivity (Wildman–Crippen MR) is 143 cm³/mol. The van der Waals surface area contributed by atoms with Crippen molar-refractivity contribution in [2.75, 3.05) is 33.3 Å². The first-order chi connectivity index (χ1) is 18.8. The first-order valence-corrected chi connectivity index (χ1v) is 12.4. The van der Waals surface area contributed by atoms with Gasteiger partial charge >= 0.3 is 5.91 Å². The molecule has 0 saturated carbocycles. The van der Waals surface area contributed by atoms with Gasteiger partial charge in [0.2, 0.25) is 5.75 Å². The number of anilines is 1. The SMILES string of the molecule is COc1cccc(/C(O)=C2\C(=O)C(=O)N(c3nc4ccc(F)cc4s3)C2c2cc(OC)c(OC)c(OC)c2)c1. The predicted octanol–water partition coefficient (Wildman–Crippen LogP) is 5.10. The quantitative estimate of drug-likeness (QED) is 0.193. The smallest absolute Gasteiger partial charge is 0.301 e. The molecule has 9 nitrogen and oxygen atoms in total. The van der Waals surface area contributed by atoms with Crippen LogP contribution in [0, 0.1) is 5.82 Å². The number of methoxy groups -OCH3 is 4. The number of fused-ring (bicyclic) bond motifs is 1. The Balaban J connectivity index is 1.79. The first-order valence-electron chi connectivity index (χ1n) is 11.6. The van der Waals surface area contributed by atoms with E-state index < -0.39 is 29.3 Å². The Hall–Kier alpha value is -4.64. The molecule has 2 heterocycles. The highest BCUT2D eigenvalue weighted by atomic mass is 32.1. The number of Topliss-reactive ketones (excluding diaryl/α,β-unsaturated/α-hetero) is 1. The van der Waals surface area contributed by atoms with E-state index in [1.807, 2.05) is 0 Å². The summed E-state index contributed by atoms with van der Waals surface area (Å²) < 4.78 is 36.1. The lowest BCUT2D eigenvalue weighted by Gasteiger charge is -2.24. The molecule has 1 N–H and O–H groups in total. The number of ketones is 1. The summed E-state index contributed by atoms with van der Waals surface area (Å²) in [5, 5.41) is 11.6. The van der Waals surface area contributed by atoms with Gasteiger partial charge in [-0.2, -0.15) is 0 Å². The van der Waals surface area contributed by atoms with Crippen molar-refractivity contribution in [1.82, 2.24) is 4.98 Å². The van der Waals surface area contributed by atoms with E-state index in [4.69, 9.17) is 18.9 Å². The average molecular weight is 551 g/mol. The zero-order valence-corrected chi connectivity index (χ0v) is 22.2. The highest BCUT2D eigenvalue weighted by Gasteiger charge is 2.48. The summed E-state index contributed by atoms with van der Waals surface area (Å²) in [6.45, 7) is 0. The molecular weight excluding hydrogens is 527 g/mol. The second-order valence-electron chi connectivity index (χ2n) is 8.47. The van der Waals surface area contributed by atoms with Gasteiger partial charge in [0.25, 0.3) is 5.78 Å². The van der Waals surface area contributed by atoms with E-state index in [0.717, 1.165) is 11.3 Å². The highest BCUT2D eigenvalue weighted by Crippen LogP contribution is 2.48. The summed E-state index contributed by atoms with van der Waals surface area (Å²) in [4.78, 5) is 32.8. The van der Waals surface area contributed by atoms with Crippen LogP contribution in [0.4, 0.5) is 9.52 Å². The van der Waals surface area contributed by atoms with E-state index in [-0.39, 0.29) is 27.8 Å². The molecule has 39 heavy (non-hydrogen) atoms. The number of rotatable bonds is 7. The lowest BCUT2D eigenvalue weighted by atomic mass is 9.94. The highest BCUT2D eigenvalue weighted by molar-refractivity contribution is 7.22. The number of thiazole rings is 1. The molecule has 1 aliphatic rings. The topological polar surface area (TPSA) is 107 Å². The number of halogens is 1. The number of hydrogen-bond acceptors (Lipinski definition) is 9. The van der Waals surface area contributed by atoms with E-state index in [1.165, 1.54) is 51.5 Å². The standard InChI is InChI=1S/C28H23FN2O7S/c1-35-17-7-5-6-14(10-17)24(32)22-23(15-11-19(36-2)26(38-4)20(12-15)37-3)31(27(34)25(22)33)28-30-18-9-8-16(29)13-21(18)39-28/h5-13,23,32H,1-4H3/b24-22+. The fourth-order valence-corrected chi connectivity index (χ4v) is 5.54. The Kier molecular flexibility index (Phi) is 6.83. The molecular formula is C28H23FN2O7S. The van der Waals surface area contributed by atoms with Gasteiger partial charge in [-0.3, -0.25) is 14.5 Å². The first kappa shape index (κ1) is 26.0. The van der Waals surface area contributed by atoms with Crippen LogP contribution in [0.1, 0.15) is 17.2 Å². The average Bonchev–Trinajstić information content (AvgIpc) is 3.48. The van der Waals surface area contributed by atoms with E-state index in [1.54, 1.807) is 36.4 Å². The van der Waals surface area contributed by atoms with Crippen molar-refractivity contribution in [3.05, 3.63) is 77.1 Å². The van der Waals surface area contributed by atoms with E-state index in [9.17, 15) is 19.1 Å². The zero-order valence-electron chi connectivity index (χ0n) is 21.4. The second-order valence-corrected chi connectivity index (χ2v) is 9.48. The van der Waals surface area contributed by atoms with Crippen molar-refractivity contribution in [1.29, 1.82) is 0 Å². The monoisotopic (exact) mass is 550 g/mol. The number of aliphatic hydroxyl groups is 1. The Morgan fingerprint density at radius 3 is 2.31 bits per heavy atom. The van der Waals surface area contributed by atoms with Gasteiger partial charge < -0.3 is 24.1 Å².